The molecule has 0 atom stereocenters. The van der Waals surface area contributed by atoms with Crippen molar-refractivity contribution >= 4 is 11.3 Å². The van der Waals surface area contributed by atoms with E-state index in [1.54, 1.807) is 10.8 Å². The molecule has 0 aliphatic heterocycles. The van der Waals surface area contributed by atoms with E-state index in [0.717, 1.165) is 11.4 Å². The van der Waals surface area contributed by atoms with Gasteiger partial charge in [0.1, 0.15) is 6.33 Å². The SMILES string of the molecule is Cc1cc(NCCO)c2nncn2n1. The molecule has 14 heavy (non-hydrogen) atoms. The third-order valence-electron chi connectivity index (χ3n) is 1.82. The number of aliphatic hydroxyl groups is 1. The number of aliphatic hydroxyl groups excluding tert-OH is 1. The summed E-state index contributed by atoms with van der Waals surface area (Å²) in [6.07, 6.45) is 1.55. The fourth-order valence-corrected chi connectivity index (χ4v) is 1.27. The van der Waals surface area contributed by atoms with Gasteiger partial charge in [0.2, 0.25) is 5.65 Å². The van der Waals surface area contributed by atoms with Gasteiger partial charge >= 0.3 is 0 Å². The topological polar surface area (TPSA) is 75.3 Å². The first kappa shape index (κ1) is 8.89. The van der Waals surface area contributed by atoms with Crippen LogP contribution in [0.2, 0.25) is 0 Å². The minimum Gasteiger partial charge on any atom is -0.395 e. The number of rotatable bonds is 3. The highest BCUT2D eigenvalue weighted by Gasteiger charge is 2.04. The van der Waals surface area contributed by atoms with Crippen LogP contribution >= 0.6 is 0 Å². The van der Waals surface area contributed by atoms with Crippen molar-refractivity contribution in [2.75, 3.05) is 18.5 Å². The number of anilines is 1. The number of hydrogen-bond donors (Lipinski definition) is 2. The molecule has 2 N–H and O–H groups in total. The molecule has 0 unspecified atom stereocenters. The molecule has 6 heteroatoms. The van der Waals surface area contributed by atoms with Gasteiger partial charge in [0.15, 0.2) is 0 Å². The first-order valence-electron chi connectivity index (χ1n) is 4.33. The summed E-state index contributed by atoms with van der Waals surface area (Å²) in [6, 6.07) is 1.87. The molecule has 2 heterocycles. The van der Waals surface area contributed by atoms with E-state index in [2.05, 4.69) is 20.6 Å². The highest BCUT2D eigenvalue weighted by Crippen LogP contribution is 2.13. The molecule has 2 rings (SSSR count). The summed E-state index contributed by atoms with van der Waals surface area (Å²) in [6.45, 7) is 2.47. The molecule has 0 amide bonds. The van der Waals surface area contributed by atoms with E-state index in [1.807, 2.05) is 13.0 Å². The summed E-state index contributed by atoms with van der Waals surface area (Å²) in [4.78, 5) is 0. The quantitative estimate of drug-likeness (QED) is 0.708. The van der Waals surface area contributed by atoms with Crippen molar-refractivity contribution in [3.63, 3.8) is 0 Å². The molecule has 0 bridgehead atoms. The average molecular weight is 193 g/mol. The van der Waals surface area contributed by atoms with Gasteiger partial charge in [0, 0.05) is 6.54 Å². The monoisotopic (exact) mass is 193 g/mol. The zero-order chi connectivity index (χ0) is 9.97. The van der Waals surface area contributed by atoms with E-state index in [4.69, 9.17) is 5.11 Å². The van der Waals surface area contributed by atoms with Crippen LogP contribution in [0.5, 0.6) is 0 Å². The first-order chi connectivity index (χ1) is 6.81. The Morgan fingerprint density at radius 3 is 3.21 bits per heavy atom. The van der Waals surface area contributed by atoms with Gasteiger partial charge in [-0.2, -0.15) is 9.61 Å². The zero-order valence-electron chi connectivity index (χ0n) is 7.80. The second-order valence-corrected chi connectivity index (χ2v) is 2.95. The Labute approximate surface area is 80.6 Å². The van der Waals surface area contributed by atoms with Crippen LogP contribution in [-0.4, -0.2) is 38.1 Å². The van der Waals surface area contributed by atoms with Crippen molar-refractivity contribution < 1.29 is 5.11 Å². The lowest BCUT2D eigenvalue weighted by molar-refractivity contribution is 0.311. The fourth-order valence-electron chi connectivity index (χ4n) is 1.27. The first-order valence-corrected chi connectivity index (χ1v) is 4.33. The summed E-state index contributed by atoms with van der Waals surface area (Å²) in [7, 11) is 0. The smallest absolute Gasteiger partial charge is 0.200 e. The predicted octanol–water partition coefficient (Wildman–Crippen LogP) is -0.163. The van der Waals surface area contributed by atoms with Crippen molar-refractivity contribution in [1.82, 2.24) is 19.8 Å². The summed E-state index contributed by atoms with van der Waals surface area (Å²) in [5, 5.41) is 23.6. The molecule has 0 saturated carbocycles. The molecular weight excluding hydrogens is 182 g/mol. The van der Waals surface area contributed by atoms with Gasteiger partial charge in [-0.3, -0.25) is 0 Å². The lowest BCUT2D eigenvalue weighted by Gasteiger charge is -2.05. The summed E-state index contributed by atoms with van der Waals surface area (Å²) < 4.78 is 1.61. The Balaban J connectivity index is 2.44. The number of fused-ring (bicyclic) bond motifs is 1. The van der Waals surface area contributed by atoms with Crippen molar-refractivity contribution in [3.05, 3.63) is 18.1 Å². The molecule has 6 nitrogen and oxygen atoms in total. The van der Waals surface area contributed by atoms with Crippen LogP contribution in [0.25, 0.3) is 5.65 Å². The Hall–Kier alpha value is -1.69. The third kappa shape index (κ3) is 1.51. The van der Waals surface area contributed by atoms with E-state index < -0.39 is 0 Å². The van der Waals surface area contributed by atoms with Crippen molar-refractivity contribution in [2.24, 2.45) is 0 Å². The van der Waals surface area contributed by atoms with Crippen molar-refractivity contribution in [2.45, 2.75) is 6.92 Å². The average Bonchev–Trinajstić information content (AvgIpc) is 2.61. The Kier molecular flexibility index (Phi) is 2.28. The van der Waals surface area contributed by atoms with Crippen LogP contribution in [0.1, 0.15) is 5.69 Å². The van der Waals surface area contributed by atoms with Crippen LogP contribution in [0.15, 0.2) is 12.4 Å². The number of aryl methyl sites for hydroxylation is 1. The largest absolute Gasteiger partial charge is 0.395 e. The maximum atomic E-state index is 8.70. The number of nitrogens with zero attached hydrogens (tertiary/aromatic N) is 4. The summed E-state index contributed by atoms with van der Waals surface area (Å²) in [5.74, 6) is 0. The van der Waals surface area contributed by atoms with E-state index in [9.17, 15) is 0 Å². The molecule has 0 spiro atoms. The number of hydrogen-bond acceptors (Lipinski definition) is 5. The minimum atomic E-state index is 0.0850. The molecule has 0 aliphatic carbocycles. The van der Waals surface area contributed by atoms with E-state index in [1.165, 1.54) is 0 Å². The van der Waals surface area contributed by atoms with Gasteiger partial charge in [-0.25, -0.2) is 0 Å². The number of aromatic nitrogens is 4. The molecule has 2 aromatic heterocycles. The van der Waals surface area contributed by atoms with Gasteiger partial charge in [-0.1, -0.05) is 0 Å². The van der Waals surface area contributed by atoms with Crippen LogP contribution in [-0.2, 0) is 0 Å². The van der Waals surface area contributed by atoms with Gasteiger partial charge in [0.25, 0.3) is 0 Å². The maximum absolute atomic E-state index is 8.70. The molecule has 2 aromatic rings. The van der Waals surface area contributed by atoms with Crippen LogP contribution in [0.4, 0.5) is 5.69 Å². The molecule has 0 radical (unpaired) electrons. The van der Waals surface area contributed by atoms with Gasteiger partial charge in [-0.15, -0.1) is 10.2 Å². The van der Waals surface area contributed by atoms with Gasteiger partial charge in [0.05, 0.1) is 18.0 Å². The number of nitrogens with one attached hydrogen (secondary N) is 1. The van der Waals surface area contributed by atoms with Crippen molar-refractivity contribution in [1.29, 1.82) is 0 Å². The molecule has 0 aromatic carbocycles. The lowest BCUT2D eigenvalue weighted by Crippen LogP contribution is -2.08. The molecule has 0 saturated heterocycles. The Bertz CT molecular complexity index is 438. The standard InChI is InChI=1S/C8H11N5O/c1-6-4-7(9-2-3-14)8-11-10-5-13(8)12-6/h4-5,9,14H,2-3H2,1H3. The summed E-state index contributed by atoms with van der Waals surface area (Å²) >= 11 is 0. The van der Waals surface area contributed by atoms with Crippen molar-refractivity contribution in [3.8, 4) is 0 Å². The van der Waals surface area contributed by atoms with E-state index in [0.29, 0.717) is 12.2 Å². The molecular formula is C8H11N5O. The molecule has 0 fully saturated rings. The minimum absolute atomic E-state index is 0.0850. The molecule has 0 aliphatic rings. The van der Waals surface area contributed by atoms with E-state index >= 15 is 0 Å². The van der Waals surface area contributed by atoms with E-state index in [-0.39, 0.29) is 6.61 Å². The second kappa shape index (κ2) is 3.59. The van der Waals surface area contributed by atoms with Gasteiger partial charge < -0.3 is 10.4 Å². The van der Waals surface area contributed by atoms with Gasteiger partial charge in [-0.05, 0) is 13.0 Å². The lowest BCUT2D eigenvalue weighted by atomic mass is 10.3. The highest BCUT2D eigenvalue weighted by molar-refractivity contribution is 5.66. The Morgan fingerprint density at radius 1 is 1.57 bits per heavy atom. The predicted molar refractivity (Wildman–Crippen MR) is 51.1 cm³/mol. The Morgan fingerprint density at radius 2 is 2.43 bits per heavy atom. The zero-order valence-corrected chi connectivity index (χ0v) is 7.80. The normalized spacial score (nSPS) is 10.7. The fraction of sp³-hybridized carbons (Fsp3) is 0.375. The summed E-state index contributed by atoms with van der Waals surface area (Å²) in [5.41, 5.74) is 2.38. The molecule has 74 valence electrons. The third-order valence-corrected chi connectivity index (χ3v) is 1.82. The maximum Gasteiger partial charge on any atom is 0.200 e. The van der Waals surface area contributed by atoms with Crippen LogP contribution in [0.3, 0.4) is 0 Å². The second-order valence-electron chi connectivity index (χ2n) is 2.95. The van der Waals surface area contributed by atoms with Crippen LogP contribution in [0, 0.1) is 6.92 Å². The highest BCUT2D eigenvalue weighted by atomic mass is 16.3. The van der Waals surface area contributed by atoms with Crippen LogP contribution < -0.4 is 5.32 Å².